The number of anilines is 3. The van der Waals surface area contributed by atoms with Crippen LogP contribution in [-0.2, 0) is 9.47 Å². The van der Waals surface area contributed by atoms with Gasteiger partial charge >= 0.3 is 17.9 Å². The zero-order valence-corrected chi connectivity index (χ0v) is 21.6. The van der Waals surface area contributed by atoms with Gasteiger partial charge in [-0.05, 0) is 85.6 Å². The molecule has 0 aliphatic heterocycles. The molecule has 3 rings (SSSR count). The van der Waals surface area contributed by atoms with Crippen LogP contribution in [0.4, 0.5) is 17.1 Å². The fourth-order valence-corrected chi connectivity index (χ4v) is 3.43. The number of carboxylic acid groups (broad SMARTS) is 1. The number of hydrogen-bond donors (Lipinski definition) is 4. The first-order valence-corrected chi connectivity index (χ1v) is 12.4. The number of carbonyl (C=O) groups is 3. The first kappa shape index (κ1) is 29.7. The van der Waals surface area contributed by atoms with Crippen molar-refractivity contribution in [1.29, 1.82) is 0 Å². The van der Waals surface area contributed by atoms with E-state index < -0.39 is 24.2 Å². The van der Waals surface area contributed by atoms with Crippen LogP contribution >= 0.6 is 0 Å². The van der Waals surface area contributed by atoms with Crippen molar-refractivity contribution >= 4 is 35.0 Å². The molecule has 1 unspecified atom stereocenters. The van der Waals surface area contributed by atoms with Crippen molar-refractivity contribution in [3.63, 3.8) is 0 Å². The molecule has 0 saturated heterocycles. The van der Waals surface area contributed by atoms with Crippen LogP contribution in [0.5, 0.6) is 0 Å². The molecule has 3 aromatic carbocycles. The Kier molecular flexibility index (Phi) is 11.6. The number of nitrogens with two attached hydrogens (primary N) is 3. The van der Waals surface area contributed by atoms with Crippen LogP contribution in [0.25, 0.3) is 0 Å². The smallest absolute Gasteiger partial charge is 0.341 e. The van der Waals surface area contributed by atoms with Crippen molar-refractivity contribution in [2.45, 2.75) is 45.8 Å². The molecule has 0 heterocycles. The molecule has 0 aliphatic carbocycles. The summed E-state index contributed by atoms with van der Waals surface area (Å²) in [5, 5.41) is 8.43. The SMILES string of the molecule is CCCCC(CC)C(OC(=O)c1ccc(N)cc1)OC(=O)c1ccc(N)cc1.Nc1ccc(C(=O)O)cc1. The van der Waals surface area contributed by atoms with Crippen LogP contribution < -0.4 is 17.2 Å². The summed E-state index contributed by atoms with van der Waals surface area (Å²) < 4.78 is 11.2. The minimum Gasteiger partial charge on any atom is -0.478 e. The third-order valence-corrected chi connectivity index (χ3v) is 5.73. The van der Waals surface area contributed by atoms with Crippen molar-refractivity contribution in [2.24, 2.45) is 5.92 Å². The van der Waals surface area contributed by atoms with E-state index in [4.69, 9.17) is 31.8 Å². The van der Waals surface area contributed by atoms with Crippen molar-refractivity contribution in [2.75, 3.05) is 17.2 Å². The summed E-state index contributed by atoms with van der Waals surface area (Å²) in [5.41, 5.74) is 19.3. The number of carbonyl (C=O) groups excluding carboxylic acids is 2. The lowest BCUT2D eigenvalue weighted by Gasteiger charge is -2.26. The second-order valence-corrected chi connectivity index (χ2v) is 8.66. The highest BCUT2D eigenvalue weighted by atomic mass is 16.7. The van der Waals surface area contributed by atoms with Crippen LogP contribution in [-0.4, -0.2) is 29.3 Å². The fraction of sp³-hybridized carbons (Fsp3) is 0.276. The lowest BCUT2D eigenvalue weighted by atomic mass is 9.98. The van der Waals surface area contributed by atoms with Gasteiger partial charge in [-0.25, -0.2) is 14.4 Å². The molecule has 0 saturated carbocycles. The fourth-order valence-electron chi connectivity index (χ4n) is 3.43. The van der Waals surface area contributed by atoms with Crippen molar-refractivity contribution in [1.82, 2.24) is 0 Å². The molecule has 0 aliphatic rings. The Balaban J connectivity index is 0.000000423. The minimum absolute atomic E-state index is 0.0876. The minimum atomic E-state index is -0.966. The monoisotopic (exact) mass is 521 g/mol. The first-order valence-electron chi connectivity index (χ1n) is 12.4. The summed E-state index contributed by atoms with van der Waals surface area (Å²) in [6.07, 6.45) is 2.50. The normalized spacial score (nSPS) is 11.1. The highest BCUT2D eigenvalue weighted by molar-refractivity contribution is 5.91. The van der Waals surface area contributed by atoms with Crippen molar-refractivity contribution in [3.8, 4) is 0 Å². The van der Waals surface area contributed by atoms with Gasteiger partial charge in [0.25, 0.3) is 6.29 Å². The molecule has 38 heavy (non-hydrogen) atoms. The number of nitrogen functional groups attached to an aromatic ring is 3. The maximum Gasteiger partial charge on any atom is 0.341 e. The Labute approximate surface area is 222 Å². The Morgan fingerprint density at radius 2 is 1.05 bits per heavy atom. The largest absolute Gasteiger partial charge is 0.478 e. The van der Waals surface area contributed by atoms with E-state index in [9.17, 15) is 14.4 Å². The molecule has 0 radical (unpaired) electrons. The van der Waals surface area contributed by atoms with Crippen LogP contribution in [0.3, 0.4) is 0 Å². The van der Waals surface area contributed by atoms with E-state index in [1.807, 2.05) is 6.92 Å². The third kappa shape index (κ3) is 9.50. The van der Waals surface area contributed by atoms with Gasteiger partial charge in [0.05, 0.1) is 16.7 Å². The molecule has 9 nitrogen and oxygen atoms in total. The molecule has 9 heteroatoms. The highest BCUT2D eigenvalue weighted by Crippen LogP contribution is 2.23. The van der Waals surface area contributed by atoms with Crippen molar-refractivity contribution < 1.29 is 29.0 Å². The predicted molar refractivity (Wildman–Crippen MR) is 147 cm³/mol. The molecule has 3 aromatic rings. The van der Waals surface area contributed by atoms with Crippen LogP contribution in [0.1, 0.15) is 70.6 Å². The molecule has 7 N–H and O–H groups in total. The average Bonchev–Trinajstić information content (AvgIpc) is 2.90. The van der Waals surface area contributed by atoms with Crippen LogP contribution in [0.15, 0.2) is 72.8 Å². The molecule has 1 atom stereocenters. The lowest BCUT2D eigenvalue weighted by molar-refractivity contribution is -0.111. The van der Waals surface area contributed by atoms with Gasteiger partial charge in [0.2, 0.25) is 0 Å². The Hall–Kier alpha value is -4.53. The predicted octanol–water partition coefficient (Wildman–Crippen LogP) is 5.37. The van der Waals surface area contributed by atoms with Gasteiger partial charge < -0.3 is 31.8 Å². The summed E-state index contributed by atoms with van der Waals surface area (Å²) in [5.74, 6) is -2.12. The number of hydrogen-bond acceptors (Lipinski definition) is 8. The van der Waals surface area contributed by atoms with Gasteiger partial charge in [-0.2, -0.15) is 0 Å². The third-order valence-electron chi connectivity index (χ3n) is 5.73. The number of esters is 2. The number of benzene rings is 3. The van der Waals surface area contributed by atoms with E-state index in [0.29, 0.717) is 34.6 Å². The Morgan fingerprint density at radius 3 is 1.37 bits per heavy atom. The second kappa shape index (κ2) is 14.9. The van der Waals surface area contributed by atoms with Crippen molar-refractivity contribution in [3.05, 3.63) is 89.5 Å². The number of rotatable bonds is 10. The first-order chi connectivity index (χ1) is 18.1. The zero-order valence-electron chi connectivity index (χ0n) is 21.6. The van der Waals surface area contributed by atoms with E-state index in [2.05, 4.69) is 6.92 Å². The summed E-state index contributed by atoms with van der Waals surface area (Å²) in [4.78, 5) is 35.4. The summed E-state index contributed by atoms with van der Waals surface area (Å²) in [7, 11) is 0. The number of aromatic carboxylic acids is 1. The highest BCUT2D eigenvalue weighted by Gasteiger charge is 2.28. The maximum atomic E-state index is 12.6. The van der Waals surface area contributed by atoms with Gasteiger partial charge in [-0.3, -0.25) is 0 Å². The van der Waals surface area contributed by atoms with Crippen LogP contribution in [0, 0.1) is 5.92 Å². The summed E-state index contributed by atoms with van der Waals surface area (Å²) in [6, 6.07) is 18.9. The van der Waals surface area contributed by atoms with E-state index in [0.717, 1.165) is 19.3 Å². The van der Waals surface area contributed by atoms with E-state index >= 15 is 0 Å². The van der Waals surface area contributed by atoms with E-state index in [1.165, 1.54) is 12.1 Å². The number of carboxylic acids is 1. The van der Waals surface area contributed by atoms with Crippen LogP contribution in [0.2, 0.25) is 0 Å². The molecule has 0 spiro atoms. The van der Waals surface area contributed by atoms with E-state index in [1.54, 1.807) is 60.7 Å². The molecule has 0 amide bonds. The number of ether oxygens (including phenoxy) is 2. The van der Waals surface area contributed by atoms with Gasteiger partial charge in [0.15, 0.2) is 0 Å². The standard InChI is InChI=1S/C22H28N2O4.C7H7NO2/c1-3-5-6-15(4-2)22(27-20(25)16-7-11-18(23)12-8-16)28-21(26)17-9-13-19(24)14-10-17;8-6-3-1-5(2-4-6)7(9)10/h7-15,22H,3-6,23-24H2,1-2H3;1-4H,8H2,(H,9,10). The maximum absolute atomic E-state index is 12.6. The average molecular weight is 522 g/mol. The molecular weight excluding hydrogens is 486 g/mol. The topological polar surface area (TPSA) is 168 Å². The van der Waals surface area contributed by atoms with Gasteiger partial charge in [-0.15, -0.1) is 0 Å². The quantitative estimate of drug-likeness (QED) is 0.156. The molecule has 0 aromatic heterocycles. The number of unbranched alkanes of at least 4 members (excludes halogenated alkanes) is 1. The zero-order chi connectivity index (χ0) is 28.1. The summed E-state index contributed by atoms with van der Waals surface area (Å²) >= 11 is 0. The molecule has 0 fully saturated rings. The van der Waals surface area contributed by atoms with E-state index in [-0.39, 0.29) is 11.5 Å². The Morgan fingerprint density at radius 1 is 0.684 bits per heavy atom. The second-order valence-electron chi connectivity index (χ2n) is 8.66. The van der Waals surface area contributed by atoms with Gasteiger partial charge in [-0.1, -0.05) is 26.7 Å². The van der Waals surface area contributed by atoms with Gasteiger partial charge in [0, 0.05) is 23.0 Å². The molecule has 0 bridgehead atoms. The Bertz CT molecular complexity index is 1120. The molecular formula is C29H35N3O6. The molecule has 202 valence electrons. The summed E-state index contributed by atoms with van der Waals surface area (Å²) in [6.45, 7) is 4.07. The van der Waals surface area contributed by atoms with Gasteiger partial charge in [0.1, 0.15) is 0 Å². The lowest BCUT2D eigenvalue weighted by Crippen LogP contribution is -2.32.